The number of hydrogen-bond donors (Lipinski definition) is 1. The van der Waals surface area contributed by atoms with Crippen molar-refractivity contribution in [1.29, 1.82) is 0 Å². The summed E-state index contributed by atoms with van der Waals surface area (Å²) < 4.78 is 39.1. The summed E-state index contributed by atoms with van der Waals surface area (Å²) in [4.78, 5) is 5.93. The van der Waals surface area contributed by atoms with E-state index in [2.05, 4.69) is 16.8 Å². The Balaban J connectivity index is 2.24. The van der Waals surface area contributed by atoms with E-state index < -0.39 is 17.3 Å². The molecule has 0 aliphatic carbocycles. The fourth-order valence-corrected chi connectivity index (χ4v) is 2.74. The average molecular weight is 288 g/mol. The van der Waals surface area contributed by atoms with Crippen LogP contribution in [0.5, 0.6) is 0 Å². The van der Waals surface area contributed by atoms with Gasteiger partial charge < -0.3 is 10.0 Å². The van der Waals surface area contributed by atoms with Gasteiger partial charge in [0.25, 0.3) is 0 Å². The van der Waals surface area contributed by atoms with Crippen molar-refractivity contribution >= 4 is 0 Å². The van der Waals surface area contributed by atoms with Crippen LogP contribution in [0.1, 0.15) is 37.3 Å². The Labute approximate surface area is 116 Å². The van der Waals surface area contributed by atoms with Crippen LogP contribution in [-0.4, -0.2) is 34.6 Å². The van der Waals surface area contributed by atoms with Gasteiger partial charge in [0.05, 0.1) is 11.2 Å². The number of halogens is 3. The van der Waals surface area contributed by atoms with E-state index in [9.17, 15) is 18.3 Å². The molecule has 1 aromatic rings. The second-order valence-corrected chi connectivity index (χ2v) is 5.29. The van der Waals surface area contributed by atoms with Gasteiger partial charge in [-0.2, -0.15) is 13.2 Å². The topological polar surface area (TPSA) is 36.4 Å². The van der Waals surface area contributed by atoms with Crippen molar-refractivity contribution in [1.82, 2.24) is 9.88 Å². The Bertz CT molecular complexity index is 454. The van der Waals surface area contributed by atoms with Crippen molar-refractivity contribution in [2.24, 2.45) is 0 Å². The maximum Gasteiger partial charge on any atom is 0.416 e. The lowest BCUT2D eigenvalue weighted by Gasteiger charge is -2.39. The molecule has 0 spiro atoms. The number of piperidine rings is 1. The maximum absolute atomic E-state index is 13.0. The zero-order valence-electron chi connectivity index (χ0n) is 11.5. The van der Waals surface area contributed by atoms with E-state index in [4.69, 9.17) is 0 Å². The molecule has 0 unspecified atom stereocenters. The molecule has 0 radical (unpaired) electrons. The van der Waals surface area contributed by atoms with Crippen LogP contribution in [0.4, 0.5) is 13.2 Å². The largest absolute Gasteiger partial charge is 0.416 e. The number of pyridine rings is 1. The zero-order chi connectivity index (χ0) is 14.8. The number of aromatic nitrogens is 1. The number of nitrogens with zero attached hydrogens (tertiary/aromatic N) is 2. The molecule has 112 valence electrons. The zero-order valence-corrected chi connectivity index (χ0v) is 11.5. The molecule has 0 aromatic carbocycles. The van der Waals surface area contributed by atoms with Gasteiger partial charge >= 0.3 is 6.18 Å². The fourth-order valence-electron chi connectivity index (χ4n) is 2.74. The third kappa shape index (κ3) is 3.12. The Morgan fingerprint density at radius 2 is 2.00 bits per heavy atom. The van der Waals surface area contributed by atoms with Crippen LogP contribution in [0.2, 0.25) is 0 Å². The second-order valence-electron chi connectivity index (χ2n) is 5.29. The van der Waals surface area contributed by atoms with E-state index >= 15 is 0 Å². The molecule has 2 rings (SSSR count). The van der Waals surface area contributed by atoms with E-state index in [1.54, 1.807) is 0 Å². The number of rotatable bonds is 3. The summed E-state index contributed by atoms with van der Waals surface area (Å²) in [6.45, 7) is 4.19. The van der Waals surface area contributed by atoms with Crippen molar-refractivity contribution in [3.05, 3.63) is 29.6 Å². The Morgan fingerprint density at radius 3 is 2.55 bits per heavy atom. The monoisotopic (exact) mass is 288 g/mol. The first kappa shape index (κ1) is 15.3. The minimum absolute atomic E-state index is 0.0938. The molecular formula is C14H19F3N2O. The molecule has 20 heavy (non-hydrogen) atoms. The van der Waals surface area contributed by atoms with E-state index in [-0.39, 0.29) is 5.56 Å². The summed E-state index contributed by atoms with van der Waals surface area (Å²) >= 11 is 0. The smallest absolute Gasteiger partial charge is 0.385 e. The summed E-state index contributed by atoms with van der Waals surface area (Å²) in [5.74, 6) is 0. The molecule has 1 aliphatic heterocycles. The van der Waals surface area contributed by atoms with Gasteiger partial charge in [-0.25, -0.2) is 0 Å². The molecule has 1 N–H and O–H groups in total. The van der Waals surface area contributed by atoms with Crippen molar-refractivity contribution < 1.29 is 18.3 Å². The van der Waals surface area contributed by atoms with Crippen molar-refractivity contribution in [2.75, 3.05) is 19.6 Å². The SMILES string of the molecule is CCCN1CCC(O)(c2cnccc2C(F)(F)F)CC1. The fraction of sp³-hybridized carbons (Fsp3) is 0.643. The molecule has 0 atom stereocenters. The third-order valence-electron chi connectivity index (χ3n) is 3.85. The lowest BCUT2D eigenvalue weighted by atomic mass is 9.82. The Hall–Kier alpha value is -1.14. The van der Waals surface area contributed by atoms with Gasteiger partial charge in [0.2, 0.25) is 0 Å². The van der Waals surface area contributed by atoms with E-state index in [0.29, 0.717) is 25.9 Å². The Morgan fingerprint density at radius 1 is 1.35 bits per heavy atom. The predicted octanol–water partition coefficient (Wildman–Crippen LogP) is 2.79. The van der Waals surface area contributed by atoms with Crippen molar-refractivity contribution in [3.8, 4) is 0 Å². The molecule has 6 heteroatoms. The van der Waals surface area contributed by atoms with Crippen LogP contribution in [0.25, 0.3) is 0 Å². The Kier molecular flexibility index (Phi) is 4.34. The molecular weight excluding hydrogens is 269 g/mol. The van der Waals surface area contributed by atoms with Crippen LogP contribution < -0.4 is 0 Å². The van der Waals surface area contributed by atoms with E-state index in [1.807, 2.05) is 0 Å². The first-order valence-corrected chi connectivity index (χ1v) is 6.83. The van der Waals surface area contributed by atoms with Gasteiger partial charge in [-0.15, -0.1) is 0 Å². The number of hydrogen-bond acceptors (Lipinski definition) is 3. The quantitative estimate of drug-likeness (QED) is 0.929. The molecule has 0 amide bonds. The minimum Gasteiger partial charge on any atom is -0.385 e. The van der Waals surface area contributed by atoms with Gasteiger partial charge in [0, 0.05) is 31.0 Å². The molecule has 1 fully saturated rings. The molecule has 0 saturated carbocycles. The van der Waals surface area contributed by atoms with Crippen LogP contribution >= 0.6 is 0 Å². The number of likely N-dealkylation sites (tertiary alicyclic amines) is 1. The normalized spacial score (nSPS) is 20.1. The molecule has 1 aliphatic rings. The molecule has 1 saturated heterocycles. The van der Waals surface area contributed by atoms with Crippen molar-refractivity contribution in [2.45, 2.75) is 38.0 Å². The lowest BCUT2D eigenvalue weighted by molar-refractivity contribution is -0.142. The minimum atomic E-state index is -4.46. The van der Waals surface area contributed by atoms with E-state index in [1.165, 1.54) is 0 Å². The second kappa shape index (κ2) is 5.69. The highest BCUT2D eigenvalue weighted by atomic mass is 19.4. The highest BCUT2D eigenvalue weighted by Crippen LogP contribution is 2.40. The first-order chi connectivity index (χ1) is 9.37. The van der Waals surface area contributed by atoms with Crippen LogP contribution in [0.15, 0.2) is 18.5 Å². The van der Waals surface area contributed by atoms with Gasteiger partial charge in [-0.05, 0) is 31.9 Å². The first-order valence-electron chi connectivity index (χ1n) is 6.83. The van der Waals surface area contributed by atoms with Crippen LogP contribution in [0, 0.1) is 0 Å². The van der Waals surface area contributed by atoms with Gasteiger partial charge in [0.1, 0.15) is 0 Å². The van der Waals surface area contributed by atoms with E-state index in [0.717, 1.165) is 31.4 Å². The summed E-state index contributed by atoms with van der Waals surface area (Å²) in [6.07, 6.45) is -0.586. The lowest BCUT2D eigenvalue weighted by Crippen LogP contribution is -2.43. The molecule has 3 nitrogen and oxygen atoms in total. The van der Waals surface area contributed by atoms with Crippen molar-refractivity contribution in [3.63, 3.8) is 0 Å². The molecule has 2 heterocycles. The molecule has 0 bridgehead atoms. The van der Waals surface area contributed by atoms with Gasteiger partial charge in [-0.3, -0.25) is 4.98 Å². The summed E-state index contributed by atoms with van der Waals surface area (Å²) in [6, 6.07) is 0.936. The maximum atomic E-state index is 13.0. The van der Waals surface area contributed by atoms with Crippen LogP contribution in [-0.2, 0) is 11.8 Å². The number of alkyl halides is 3. The predicted molar refractivity (Wildman–Crippen MR) is 69.1 cm³/mol. The molecule has 1 aromatic heterocycles. The van der Waals surface area contributed by atoms with Crippen LogP contribution in [0.3, 0.4) is 0 Å². The van der Waals surface area contributed by atoms with Gasteiger partial charge in [-0.1, -0.05) is 6.92 Å². The summed E-state index contributed by atoms with van der Waals surface area (Å²) in [5, 5.41) is 10.6. The highest BCUT2D eigenvalue weighted by Gasteiger charge is 2.42. The average Bonchev–Trinajstić information content (AvgIpc) is 2.41. The number of aliphatic hydroxyl groups is 1. The third-order valence-corrected chi connectivity index (χ3v) is 3.85. The summed E-state index contributed by atoms with van der Waals surface area (Å²) in [7, 11) is 0. The summed E-state index contributed by atoms with van der Waals surface area (Å²) in [5.41, 5.74) is -2.30. The standard InChI is InChI=1S/C14H19F3N2O/c1-2-7-19-8-4-13(20,5-9-19)12-10-18-6-3-11(12)14(15,16)17/h3,6,10,20H,2,4-5,7-9H2,1H3. The van der Waals surface area contributed by atoms with Gasteiger partial charge in [0.15, 0.2) is 0 Å². The highest BCUT2D eigenvalue weighted by molar-refractivity contribution is 5.32.